The summed E-state index contributed by atoms with van der Waals surface area (Å²) in [5, 5.41) is 11.9. The summed E-state index contributed by atoms with van der Waals surface area (Å²) in [5.74, 6) is -1.03. The lowest BCUT2D eigenvalue weighted by Gasteiger charge is -2.31. The molecule has 0 saturated carbocycles. The zero-order chi connectivity index (χ0) is 14.5. The van der Waals surface area contributed by atoms with Gasteiger partial charge in [-0.05, 0) is 38.8 Å². The number of carboxylic acids is 1. The zero-order valence-corrected chi connectivity index (χ0v) is 12.2. The van der Waals surface area contributed by atoms with E-state index in [4.69, 9.17) is 5.11 Å². The van der Waals surface area contributed by atoms with E-state index in [2.05, 4.69) is 17.1 Å². The maximum absolute atomic E-state index is 12.1. The van der Waals surface area contributed by atoms with E-state index in [1.165, 1.54) is 6.42 Å². The summed E-state index contributed by atoms with van der Waals surface area (Å²) < 4.78 is 0. The lowest BCUT2D eigenvalue weighted by atomic mass is 9.97. The van der Waals surface area contributed by atoms with E-state index in [-0.39, 0.29) is 11.9 Å². The molecule has 6 nitrogen and oxygen atoms in total. The molecule has 2 fully saturated rings. The number of hydrogen-bond donors (Lipinski definition) is 2. The second kappa shape index (κ2) is 6.92. The van der Waals surface area contributed by atoms with Crippen molar-refractivity contribution in [2.75, 3.05) is 32.7 Å². The largest absolute Gasteiger partial charge is 0.481 e. The first kappa shape index (κ1) is 15.1. The number of carbonyl (C=O) groups is 2. The summed E-state index contributed by atoms with van der Waals surface area (Å²) in [4.78, 5) is 27.1. The number of likely N-dealkylation sites (N-methyl/N-ethyl adjacent to an activating group) is 1. The molecule has 2 aliphatic rings. The number of hydrogen-bond acceptors (Lipinski definition) is 3. The van der Waals surface area contributed by atoms with E-state index in [0.717, 1.165) is 19.5 Å². The minimum Gasteiger partial charge on any atom is -0.481 e. The molecule has 2 aliphatic heterocycles. The van der Waals surface area contributed by atoms with Crippen LogP contribution in [0.1, 0.15) is 32.6 Å². The summed E-state index contributed by atoms with van der Waals surface area (Å²) in [5.41, 5.74) is 0. The fourth-order valence-electron chi connectivity index (χ4n) is 3.19. The summed E-state index contributed by atoms with van der Waals surface area (Å²) in [6.45, 7) is 6.10. The van der Waals surface area contributed by atoms with Crippen molar-refractivity contribution in [3.63, 3.8) is 0 Å². The molecule has 1 atom stereocenters. The van der Waals surface area contributed by atoms with Crippen LogP contribution >= 0.6 is 0 Å². The van der Waals surface area contributed by atoms with E-state index < -0.39 is 5.97 Å². The molecule has 2 amide bonds. The van der Waals surface area contributed by atoms with Gasteiger partial charge < -0.3 is 15.3 Å². The summed E-state index contributed by atoms with van der Waals surface area (Å²) in [6, 6.07) is 0.414. The fraction of sp³-hybridized carbons (Fsp3) is 0.857. The molecule has 6 heteroatoms. The van der Waals surface area contributed by atoms with E-state index >= 15 is 0 Å². The van der Waals surface area contributed by atoms with Gasteiger partial charge in [0.15, 0.2) is 0 Å². The van der Waals surface area contributed by atoms with E-state index in [9.17, 15) is 9.59 Å². The van der Waals surface area contributed by atoms with Crippen LogP contribution in [-0.4, -0.2) is 65.7 Å². The average Bonchev–Trinajstić information content (AvgIpc) is 2.92. The summed E-state index contributed by atoms with van der Waals surface area (Å²) in [7, 11) is 0. The Morgan fingerprint density at radius 2 is 1.90 bits per heavy atom. The van der Waals surface area contributed by atoms with Crippen molar-refractivity contribution in [1.82, 2.24) is 15.1 Å². The van der Waals surface area contributed by atoms with Gasteiger partial charge in [-0.25, -0.2) is 4.79 Å². The predicted molar refractivity (Wildman–Crippen MR) is 75.6 cm³/mol. The second-order valence-electron chi connectivity index (χ2n) is 5.71. The topological polar surface area (TPSA) is 72.9 Å². The van der Waals surface area contributed by atoms with Crippen LogP contribution in [0.3, 0.4) is 0 Å². The number of nitrogens with one attached hydrogen (secondary N) is 1. The third kappa shape index (κ3) is 3.62. The van der Waals surface area contributed by atoms with Crippen LogP contribution in [0.15, 0.2) is 0 Å². The molecule has 1 unspecified atom stereocenters. The van der Waals surface area contributed by atoms with Crippen LogP contribution in [0.2, 0.25) is 0 Å². The van der Waals surface area contributed by atoms with Crippen molar-refractivity contribution in [2.45, 2.75) is 38.6 Å². The standard InChI is InChI=1S/C14H25N3O3/c1-2-16-7-3-4-12(16)10-15-14(20)17-8-5-11(6-9-17)13(18)19/h11-12H,2-10H2,1H3,(H,15,20)(H,18,19). The Balaban J connectivity index is 1.72. The molecule has 0 radical (unpaired) electrons. The van der Waals surface area contributed by atoms with Gasteiger partial charge in [0.25, 0.3) is 0 Å². The number of nitrogens with zero attached hydrogens (tertiary/aromatic N) is 2. The number of likely N-dealkylation sites (tertiary alicyclic amines) is 2. The Morgan fingerprint density at radius 1 is 1.20 bits per heavy atom. The molecular weight excluding hydrogens is 258 g/mol. The van der Waals surface area contributed by atoms with Crippen molar-refractivity contribution in [2.24, 2.45) is 5.92 Å². The van der Waals surface area contributed by atoms with Gasteiger partial charge in [0.2, 0.25) is 0 Å². The third-order valence-corrected chi connectivity index (χ3v) is 4.53. The molecule has 114 valence electrons. The lowest BCUT2D eigenvalue weighted by molar-refractivity contribution is -0.143. The Labute approximate surface area is 120 Å². The van der Waals surface area contributed by atoms with Crippen LogP contribution in [0, 0.1) is 5.92 Å². The third-order valence-electron chi connectivity index (χ3n) is 4.53. The monoisotopic (exact) mass is 283 g/mol. The Kier molecular flexibility index (Phi) is 5.23. The van der Waals surface area contributed by atoms with E-state index in [1.807, 2.05) is 0 Å². The highest BCUT2D eigenvalue weighted by Gasteiger charge is 2.28. The molecular formula is C14H25N3O3. The first-order valence-electron chi connectivity index (χ1n) is 7.61. The first-order chi connectivity index (χ1) is 9.61. The molecule has 0 bridgehead atoms. The van der Waals surface area contributed by atoms with Gasteiger partial charge in [-0.3, -0.25) is 9.69 Å². The SMILES string of the molecule is CCN1CCCC1CNC(=O)N1CCC(C(=O)O)CC1. The maximum Gasteiger partial charge on any atom is 0.317 e. The highest BCUT2D eigenvalue weighted by molar-refractivity contribution is 5.75. The van der Waals surface area contributed by atoms with Crippen LogP contribution < -0.4 is 5.32 Å². The van der Waals surface area contributed by atoms with Gasteiger partial charge in [-0.1, -0.05) is 6.92 Å². The van der Waals surface area contributed by atoms with Crippen molar-refractivity contribution in [3.8, 4) is 0 Å². The lowest BCUT2D eigenvalue weighted by Crippen LogP contribution is -2.48. The minimum atomic E-state index is -0.741. The molecule has 0 aromatic carbocycles. The van der Waals surface area contributed by atoms with Gasteiger partial charge in [-0.15, -0.1) is 0 Å². The molecule has 20 heavy (non-hydrogen) atoms. The minimum absolute atomic E-state index is 0.0446. The van der Waals surface area contributed by atoms with Gasteiger partial charge in [0, 0.05) is 25.7 Å². The molecule has 2 N–H and O–H groups in total. The highest BCUT2D eigenvalue weighted by atomic mass is 16.4. The predicted octanol–water partition coefficient (Wildman–Crippen LogP) is 0.977. The number of aliphatic carboxylic acids is 1. The second-order valence-corrected chi connectivity index (χ2v) is 5.71. The summed E-state index contributed by atoms with van der Waals surface area (Å²) >= 11 is 0. The maximum atomic E-state index is 12.1. The zero-order valence-electron chi connectivity index (χ0n) is 12.2. The van der Waals surface area contributed by atoms with Gasteiger partial charge in [-0.2, -0.15) is 0 Å². The van der Waals surface area contributed by atoms with E-state index in [1.54, 1.807) is 4.90 Å². The molecule has 0 spiro atoms. The molecule has 2 heterocycles. The number of piperidine rings is 1. The van der Waals surface area contributed by atoms with Gasteiger partial charge >= 0.3 is 12.0 Å². The first-order valence-corrected chi connectivity index (χ1v) is 7.61. The van der Waals surface area contributed by atoms with Gasteiger partial charge in [0.1, 0.15) is 0 Å². The summed E-state index contributed by atoms with van der Waals surface area (Å²) in [6.07, 6.45) is 3.48. The Bertz CT molecular complexity index is 354. The average molecular weight is 283 g/mol. The van der Waals surface area contributed by atoms with Crippen molar-refractivity contribution < 1.29 is 14.7 Å². The van der Waals surface area contributed by atoms with Crippen LogP contribution in [0.5, 0.6) is 0 Å². The molecule has 0 aromatic rings. The van der Waals surface area contributed by atoms with Crippen LogP contribution in [0.4, 0.5) is 4.79 Å². The van der Waals surface area contributed by atoms with Crippen LogP contribution in [-0.2, 0) is 4.79 Å². The highest BCUT2D eigenvalue weighted by Crippen LogP contribution is 2.18. The number of urea groups is 1. The Hall–Kier alpha value is -1.30. The van der Waals surface area contributed by atoms with Gasteiger partial charge in [0.05, 0.1) is 5.92 Å². The smallest absolute Gasteiger partial charge is 0.317 e. The molecule has 2 saturated heterocycles. The Morgan fingerprint density at radius 3 is 2.50 bits per heavy atom. The van der Waals surface area contributed by atoms with Crippen LogP contribution in [0.25, 0.3) is 0 Å². The quantitative estimate of drug-likeness (QED) is 0.806. The number of carboxylic acid groups (broad SMARTS) is 1. The van der Waals surface area contributed by atoms with Crippen molar-refractivity contribution >= 4 is 12.0 Å². The molecule has 2 rings (SSSR count). The van der Waals surface area contributed by atoms with Crippen molar-refractivity contribution in [1.29, 1.82) is 0 Å². The molecule has 0 aromatic heterocycles. The van der Waals surface area contributed by atoms with Crippen molar-refractivity contribution in [3.05, 3.63) is 0 Å². The van der Waals surface area contributed by atoms with E-state index in [0.29, 0.717) is 38.5 Å². The number of carbonyl (C=O) groups excluding carboxylic acids is 1. The number of rotatable bonds is 4. The fourth-order valence-corrected chi connectivity index (χ4v) is 3.19. The normalized spacial score (nSPS) is 24.9. The molecule has 0 aliphatic carbocycles. The number of amides is 2.